The lowest BCUT2D eigenvalue weighted by molar-refractivity contribution is 0.0733. The predicted octanol–water partition coefficient (Wildman–Crippen LogP) is 5.31. The summed E-state index contributed by atoms with van der Waals surface area (Å²) in [5, 5.41) is 4.01. The minimum atomic E-state index is -0.470. The van der Waals surface area contributed by atoms with Gasteiger partial charge in [0.15, 0.2) is 0 Å². The first-order chi connectivity index (χ1) is 15.5. The molecule has 0 aliphatic heterocycles. The summed E-state index contributed by atoms with van der Waals surface area (Å²) in [5.41, 5.74) is 4.71. The molecule has 0 saturated carbocycles. The summed E-state index contributed by atoms with van der Waals surface area (Å²) >= 11 is 3.39. The van der Waals surface area contributed by atoms with E-state index in [1.54, 1.807) is 60.7 Å². The molecule has 6 nitrogen and oxygen atoms in total. The molecule has 0 spiro atoms. The van der Waals surface area contributed by atoms with E-state index in [0.29, 0.717) is 34.8 Å². The number of nitrogens with one attached hydrogen (secondary N) is 1. The molecular weight excluding hydrogens is 472 g/mol. The van der Waals surface area contributed by atoms with Crippen molar-refractivity contribution < 1.29 is 19.1 Å². The number of rotatable bonds is 8. The number of nitrogens with zero attached hydrogens (tertiary/aromatic N) is 1. The smallest absolute Gasteiger partial charge is 0.343 e. The van der Waals surface area contributed by atoms with Crippen molar-refractivity contribution in [3.8, 4) is 11.5 Å². The Labute approximate surface area is 194 Å². The van der Waals surface area contributed by atoms with Gasteiger partial charge in [0, 0.05) is 15.6 Å². The van der Waals surface area contributed by atoms with Crippen molar-refractivity contribution >= 4 is 34.0 Å². The molecule has 3 aromatic rings. The highest BCUT2D eigenvalue weighted by Crippen LogP contribution is 2.23. The molecule has 1 amide bonds. The van der Waals surface area contributed by atoms with Crippen molar-refractivity contribution in [3.63, 3.8) is 0 Å². The van der Waals surface area contributed by atoms with Gasteiger partial charge < -0.3 is 9.47 Å². The summed E-state index contributed by atoms with van der Waals surface area (Å²) in [6.45, 7) is 5.82. The second-order valence-corrected chi connectivity index (χ2v) is 7.63. The van der Waals surface area contributed by atoms with E-state index in [9.17, 15) is 9.59 Å². The van der Waals surface area contributed by atoms with Crippen LogP contribution in [-0.2, 0) is 0 Å². The van der Waals surface area contributed by atoms with Gasteiger partial charge in [0.2, 0.25) is 0 Å². The Balaban J connectivity index is 1.69. The van der Waals surface area contributed by atoms with Crippen LogP contribution in [-0.4, -0.2) is 24.7 Å². The molecule has 0 saturated heterocycles. The molecule has 3 rings (SSSR count). The second kappa shape index (κ2) is 11.1. The van der Waals surface area contributed by atoms with Gasteiger partial charge in [0.25, 0.3) is 5.91 Å². The number of hydrazone groups is 1. The van der Waals surface area contributed by atoms with Crippen molar-refractivity contribution in [2.75, 3.05) is 6.61 Å². The maximum absolute atomic E-state index is 12.6. The molecule has 3 aromatic carbocycles. The van der Waals surface area contributed by atoms with E-state index in [2.05, 4.69) is 33.0 Å². The lowest BCUT2D eigenvalue weighted by Gasteiger charge is -2.09. The van der Waals surface area contributed by atoms with E-state index in [0.717, 1.165) is 10.0 Å². The van der Waals surface area contributed by atoms with E-state index in [-0.39, 0.29) is 5.91 Å². The van der Waals surface area contributed by atoms with Gasteiger partial charge in [0.1, 0.15) is 18.1 Å². The number of aryl methyl sites for hydroxylation is 1. The summed E-state index contributed by atoms with van der Waals surface area (Å²) < 4.78 is 11.7. The minimum absolute atomic E-state index is 0.322. The van der Waals surface area contributed by atoms with Crippen molar-refractivity contribution in [1.29, 1.82) is 0 Å². The third-order valence-electron chi connectivity index (χ3n) is 4.39. The molecule has 7 heteroatoms. The average molecular weight is 493 g/mol. The Morgan fingerprint density at radius 2 is 1.84 bits per heavy atom. The topological polar surface area (TPSA) is 77.0 Å². The van der Waals surface area contributed by atoms with Crippen molar-refractivity contribution in [3.05, 3.63) is 106 Å². The summed E-state index contributed by atoms with van der Waals surface area (Å²) in [6, 6.07) is 19.0. The monoisotopic (exact) mass is 492 g/mol. The number of halogens is 1. The van der Waals surface area contributed by atoms with E-state index in [4.69, 9.17) is 9.47 Å². The highest BCUT2D eigenvalue weighted by Gasteiger charge is 2.13. The van der Waals surface area contributed by atoms with Crippen LogP contribution in [0.5, 0.6) is 11.5 Å². The van der Waals surface area contributed by atoms with Crippen LogP contribution in [0.3, 0.4) is 0 Å². The van der Waals surface area contributed by atoms with Gasteiger partial charge >= 0.3 is 5.97 Å². The molecule has 0 aliphatic rings. The molecule has 0 bridgehead atoms. The number of amides is 1. The second-order valence-electron chi connectivity index (χ2n) is 6.71. The standard InChI is InChI=1S/C25H21BrN2O4/c1-3-14-31-21-11-8-18(9-12-21)24(29)28-27-16-19-15-20(26)10-13-23(19)32-25(30)22-7-5-4-6-17(22)2/h3-13,15-16H,1,14H2,2H3,(H,28,29). The first kappa shape index (κ1) is 23.0. The lowest BCUT2D eigenvalue weighted by atomic mass is 10.1. The summed E-state index contributed by atoms with van der Waals surface area (Å²) in [7, 11) is 0. The molecule has 0 fully saturated rings. The number of esters is 1. The Morgan fingerprint density at radius 3 is 2.56 bits per heavy atom. The highest BCUT2D eigenvalue weighted by atomic mass is 79.9. The largest absolute Gasteiger partial charge is 0.490 e. The van der Waals surface area contributed by atoms with Gasteiger partial charge in [-0.1, -0.05) is 46.8 Å². The first-order valence-electron chi connectivity index (χ1n) is 9.72. The molecule has 0 aromatic heterocycles. The molecular formula is C25H21BrN2O4. The molecule has 0 heterocycles. The number of ether oxygens (including phenoxy) is 2. The minimum Gasteiger partial charge on any atom is -0.490 e. The zero-order chi connectivity index (χ0) is 22.9. The van der Waals surface area contributed by atoms with E-state index >= 15 is 0 Å². The van der Waals surface area contributed by atoms with Gasteiger partial charge in [-0.15, -0.1) is 0 Å². The van der Waals surface area contributed by atoms with Crippen LogP contribution in [0.25, 0.3) is 0 Å². The van der Waals surface area contributed by atoms with Crippen molar-refractivity contribution in [2.24, 2.45) is 5.10 Å². The molecule has 1 N–H and O–H groups in total. The molecule has 0 aliphatic carbocycles. The molecule has 162 valence electrons. The average Bonchev–Trinajstić information content (AvgIpc) is 2.80. The Kier molecular flexibility index (Phi) is 7.94. The Bertz CT molecular complexity index is 1160. The lowest BCUT2D eigenvalue weighted by Crippen LogP contribution is -2.17. The number of benzene rings is 3. The fourth-order valence-corrected chi connectivity index (χ4v) is 3.13. The molecule has 32 heavy (non-hydrogen) atoms. The zero-order valence-corrected chi connectivity index (χ0v) is 19.0. The van der Waals surface area contributed by atoms with Crippen LogP contribution in [0.1, 0.15) is 31.8 Å². The van der Waals surface area contributed by atoms with Gasteiger partial charge in [-0.25, -0.2) is 10.2 Å². The van der Waals surface area contributed by atoms with E-state index in [1.807, 2.05) is 19.1 Å². The quantitative estimate of drug-likeness (QED) is 0.152. The first-order valence-corrected chi connectivity index (χ1v) is 10.5. The summed E-state index contributed by atoms with van der Waals surface area (Å²) in [4.78, 5) is 24.9. The number of carbonyl (C=O) groups is 2. The van der Waals surface area contributed by atoms with Gasteiger partial charge in [-0.2, -0.15) is 5.10 Å². The number of hydrogen-bond donors (Lipinski definition) is 1. The van der Waals surface area contributed by atoms with Crippen LogP contribution < -0.4 is 14.9 Å². The van der Waals surface area contributed by atoms with Crippen LogP contribution in [0.2, 0.25) is 0 Å². The van der Waals surface area contributed by atoms with E-state index in [1.165, 1.54) is 6.21 Å². The molecule has 0 atom stereocenters. The SMILES string of the molecule is C=CCOc1ccc(C(=O)NN=Cc2cc(Br)ccc2OC(=O)c2ccccc2C)cc1. The van der Waals surface area contributed by atoms with Gasteiger partial charge in [0.05, 0.1) is 11.8 Å². The fourth-order valence-electron chi connectivity index (χ4n) is 2.75. The van der Waals surface area contributed by atoms with Gasteiger partial charge in [-0.05, 0) is 61.0 Å². The third kappa shape index (κ3) is 6.15. The third-order valence-corrected chi connectivity index (χ3v) is 4.89. The number of hydrogen-bond acceptors (Lipinski definition) is 5. The maximum Gasteiger partial charge on any atom is 0.343 e. The highest BCUT2D eigenvalue weighted by molar-refractivity contribution is 9.10. The Hall–Kier alpha value is -3.71. The zero-order valence-electron chi connectivity index (χ0n) is 17.4. The van der Waals surface area contributed by atoms with Crippen LogP contribution in [0.4, 0.5) is 0 Å². The normalized spacial score (nSPS) is 10.6. The van der Waals surface area contributed by atoms with Crippen LogP contribution >= 0.6 is 15.9 Å². The molecule has 0 radical (unpaired) electrons. The summed E-state index contributed by atoms with van der Waals surface area (Å²) in [5.74, 6) is 0.107. The summed E-state index contributed by atoms with van der Waals surface area (Å²) in [6.07, 6.45) is 3.06. The predicted molar refractivity (Wildman–Crippen MR) is 127 cm³/mol. The van der Waals surface area contributed by atoms with Crippen molar-refractivity contribution in [2.45, 2.75) is 6.92 Å². The van der Waals surface area contributed by atoms with Crippen molar-refractivity contribution in [1.82, 2.24) is 5.43 Å². The maximum atomic E-state index is 12.6. The van der Waals surface area contributed by atoms with E-state index < -0.39 is 5.97 Å². The van der Waals surface area contributed by atoms with Crippen LogP contribution in [0, 0.1) is 6.92 Å². The Morgan fingerprint density at radius 1 is 1.09 bits per heavy atom. The molecule has 0 unspecified atom stereocenters. The van der Waals surface area contributed by atoms with Gasteiger partial charge in [-0.3, -0.25) is 4.79 Å². The fraction of sp³-hybridized carbons (Fsp3) is 0.0800. The van der Waals surface area contributed by atoms with Crippen LogP contribution in [0.15, 0.2) is 89.0 Å². The number of carbonyl (C=O) groups excluding carboxylic acids is 2.